The molecule has 1 saturated heterocycles. The van der Waals surface area contributed by atoms with Crippen LogP contribution in [0.2, 0.25) is 0 Å². The number of ether oxygens (including phenoxy) is 1. The fraction of sp³-hybridized carbons (Fsp3) is 0.647. The van der Waals surface area contributed by atoms with Crippen LogP contribution < -0.4 is 0 Å². The first kappa shape index (κ1) is 15.3. The highest BCUT2D eigenvalue weighted by atomic mass is 16.5. The Labute approximate surface area is 122 Å². The maximum absolute atomic E-state index is 9.44. The van der Waals surface area contributed by atoms with Gasteiger partial charge in [0.15, 0.2) is 0 Å². The van der Waals surface area contributed by atoms with Crippen molar-refractivity contribution in [2.24, 2.45) is 5.92 Å². The summed E-state index contributed by atoms with van der Waals surface area (Å²) in [5.74, 6) is 1.18. The molecule has 1 aliphatic heterocycles. The molecule has 0 saturated carbocycles. The Morgan fingerprint density at radius 3 is 2.85 bits per heavy atom. The van der Waals surface area contributed by atoms with E-state index in [-0.39, 0.29) is 6.61 Å². The summed E-state index contributed by atoms with van der Waals surface area (Å²) < 4.78 is 5.86. The molecule has 0 amide bonds. The van der Waals surface area contributed by atoms with E-state index in [2.05, 4.69) is 24.0 Å². The first-order valence-electron chi connectivity index (χ1n) is 7.85. The standard InChI is InChI=1S/C17H27NO2/c1-15-7-5-8-17(16(13-15)14-19)20-12-6-11-18-9-3-2-4-10-18/h5,7-8,13,15,19H,2-4,6,9-12,14H2,1H3. The molecule has 1 atom stereocenters. The van der Waals surface area contributed by atoms with Crippen molar-refractivity contribution >= 4 is 0 Å². The van der Waals surface area contributed by atoms with E-state index in [0.29, 0.717) is 5.92 Å². The number of nitrogens with zero attached hydrogens (tertiary/aromatic N) is 1. The predicted octanol–water partition coefficient (Wildman–Crippen LogP) is 2.89. The first-order chi connectivity index (χ1) is 9.79. The minimum absolute atomic E-state index is 0.0456. The number of hydrogen-bond donors (Lipinski definition) is 1. The van der Waals surface area contributed by atoms with Crippen molar-refractivity contribution in [2.75, 3.05) is 32.8 Å². The van der Waals surface area contributed by atoms with Crippen molar-refractivity contribution in [2.45, 2.75) is 32.6 Å². The number of allylic oxidation sites excluding steroid dienone is 4. The third-order valence-electron chi connectivity index (χ3n) is 3.94. The van der Waals surface area contributed by atoms with Crippen LogP contribution in [0.1, 0.15) is 32.6 Å². The molecule has 1 unspecified atom stereocenters. The molecule has 2 aliphatic rings. The van der Waals surface area contributed by atoms with Crippen LogP contribution in [0.3, 0.4) is 0 Å². The highest BCUT2D eigenvalue weighted by molar-refractivity contribution is 5.33. The molecule has 20 heavy (non-hydrogen) atoms. The molecule has 0 spiro atoms. The largest absolute Gasteiger partial charge is 0.493 e. The summed E-state index contributed by atoms with van der Waals surface area (Å²) in [7, 11) is 0. The van der Waals surface area contributed by atoms with Crippen LogP contribution >= 0.6 is 0 Å². The molecule has 0 bridgehead atoms. The lowest BCUT2D eigenvalue weighted by molar-refractivity contribution is 0.170. The number of piperidine rings is 1. The van der Waals surface area contributed by atoms with Gasteiger partial charge < -0.3 is 14.7 Å². The van der Waals surface area contributed by atoms with Gasteiger partial charge in [-0.2, -0.15) is 0 Å². The highest BCUT2D eigenvalue weighted by Gasteiger charge is 2.11. The molecule has 0 aromatic carbocycles. The third kappa shape index (κ3) is 4.80. The topological polar surface area (TPSA) is 32.7 Å². The van der Waals surface area contributed by atoms with E-state index in [1.165, 1.54) is 32.4 Å². The zero-order valence-corrected chi connectivity index (χ0v) is 12.6. The molecule has 3 nitrogen and oxygen atoms in total. The van der Waals surface area contributed by atoms with Gasteiger partial charge in [-0.1, -0.05) is 31.6 Å². The lowest BCUT2D eigenvalue weighted by Crippen LogP contribution is -2.31. The van der Waals surface area contributed by atoms with Crippen molar-refractivity contribution in [3.8, 4) is 0 Å². The van der Waals surface area contributed by atoms with Crippen LogP contribution in [-0.2, 0) is 4.74 Å². The van der Waals surface area contributed by atoms with E-state index in [1.54, 1.807) is 0 Å². The Morgan fingerprint density at radius 1 is 1.30 bits per heavy atom. The van der Waals surface area contributed by atoms with E-state index in [9.17, 15) is 5.11 Å². The quantitative estimate of drug-likeness (QED) is 0.758. The normalized spacial score (nSPS) is 24.0. The monoisotopic (exact) mass is 277 g/mol. The first-order valence-corrected chi connectivity index (χ1v) is 7.85. The van der Waals surface area contributed by atoms with Crippen LogP contribution in [0, 0.1) is 5.92 Å². The smallest absolute Gasteiger partial charge is 0.124 e. The number of rotatable bonds is 6. The third-order valence-corrected chi connectivity index (χ3v) is 3.94. The maximum Gasteiger partial charge on any atom is 0.124 e. The minimum Gasteiger partial charge on any atom is -0.493 e. The Hall–Kier alpha value is -1.06. The maximum atomic E-state index is 9.44. The Balaban J connectivity index is 1.73. The fourth-order valence-electron chi connectivity index (χ4n) is 2.81. The van der Waals surface area contributed by atoms with Crippen molar-refractivity contribution in [1.29, 1.82) is 0 Å². The average molecular weight is 277 g/mol. The molecule has 1 N–H and O–H groups in total. The molecule has 0 aromatic heterocycles. The summed E-state index contributed by atoms with van der Waals surface area (Å²) >= 11 is 0. The van der Waals surface area contributed by atoms with Crippen molar-refractivity contribution < 1.29 is 9.84 Å². The van der Waals surface area contributed by atoms with E-state index in [0.717, 1.165) is 30.9 Å². The van der Waals surface area contributed by atoms with Crippen LogP contribution in [-0.4, -0.2) is 42.9 Å². The molecule has 0 radical (unpaired) electrons. The number of likely N-dealkylation sites (tertiary alicyclic amines) is 1. The molecule has 0 aromatic rings. The Kier molecular flexibility index (Phi) is 6.34. The van der Waals surface area contributed by atoms with Gasteiger partial charge in [-0.25, -0.2) is 0 Å². The summed E-state index contributed by atoms with van der Waals surface area (Å²) in [6.45, 7) is 6.48. The van der Waals surface area contributed by atoms with Crippen LogP contribution in [0.15, 0.2) is 35.6 Å². The Bertz CT molecular complexity index is 378. The number of aliphatic hydroxyl groups is 1. The zero-order valence-electron chi connectivity index (χ0n) is 12.6. The lowest BCUT2D eigenvalue weighted by Gasteiger charge is -2.26. The van der Waals surface area contributed by atoms with Gasteiger partial charge in [0, 0.05) is 12.1 Å². The van der Waals surface area contributed by atoms with Crippen LogP contribution in [0.4, 0.5) is 0 Å². The van der Waals surface area contributed by atoms with E-state index < -0.39 is 0 Å². The average Bonchev–Trinajstić information content (AvgIpc) is 2.66. The molecule has 112 valence electrons. The summed E-state index contributed by atoms with van der Waals surface area (Å²) in [4.78, 5) is 2.53. The minimum atomic E-state index is 0.0456. The van der Waals surface area contributed by atoms with Gasteiger partial charge in [0.1, 0.15) is 5.76 Å². The van der Waals surface area contributed by atoms with Gasteiger partial charge in [0.25, 0.3) is 0 Å². The fourth-order valence-corrected chi connectivity index (χ4v) is 2.81. The van der Waals surface area contributed by atoms with Crippen LogP contribution in [0.25, 0.3) is 0 Å². The highest BCUT2D eigenvalue weighted by Crippen LogP contribution is 2.19. The van der Waals surface area contributed by atoms with Gasteiger partial charge >= 0.3 is 0 Å². The van der Waals surface area contributed by atoms with Crippen LogP contribution in [0.5, 0.6) is 0 Å². The van der Waals surface area contributed by atoms with E-state index >= 15 is 0 Å². The molecule has 1 fully saturated rings. The van der Waals surface area contributed by atoms with Gasteiger partial charge in [0.05, 0.1) is 13.2 Å². The summed E-state index contributed by atoms with van der Waals surface area (Å²) in [6.07, 6.45) is 13.3. The molecule has 2 rings (SSSR count). The van der Waals surface area contributed by atoms with Crippen molar-refractivity contribution in [3.63, 3.8) is 0 Å². The summed E-state index contributed by atoms with van der Waals surface area (Å²) in [5, 5.41) is 9.44. The Morgan fingerprint density at radius 2 is 2.10 bits per heavy atom. The second-order valence-corrected chi connectivity index (χ2v) is 5.73. The molecule has 1 aliphatic carbocycles. The summed E-state index contributed by atoms with van der Waals surface area (Å²) in [6, 6.07) is 0. The SMILES string of the molecule is CC1C=CC=C(OCCCN2CCCCC2)C(CO)=C1. The van der Waals surface area contributed by atoms with Crippen molar-refractivity contribution in [1.82, 2.24) is 4.90 Å². The van der Waals surface area contributed by atoms with E-state index in [1.807, 2.05) is 12.2 Å². The predicted molar refractivity (Wildman–Crippen MR) is 82.4 cm³/mol. The van der Waals surface area contributed by atoms with Crippen molar-refractivity contribution in [3.05, 3.63) is 35.6 Å². The van der Waals surface area contributed by atoms with E-state index in [4.69, 9.17) is 4.74 Å². The van der Waals surface area contributed by atoms with Gasteiger partial charge in [-0.3, -0.25) is 0 Å². The molecule has 3 heteroatoms. The number of aliphatic hydroxyl groups excluding tert-OH is 1. The molecular formula is C17H27NO2. The number of hydrogen-bond acceptors (Lipinski definition) is 3. The second-order valence-electron chi connectivity index (χ2n) is 5.73. The van der Waals surface area contributed by atoms with Gasteiger partial charge in [-0.15, -0.1) is 0 Å². The second kappa shape index (κ2) is 8.28. The lowest BCUT2D eigenvalue weighted by atomic mass is 10.1. The zero-order chi connectivity index (χ0) is 14.2. The van der Waals surface area contributed by atoms with Gasteiger partial charge in [-0.05, 0) is 44.3 Å². The molecule has 1 heterocycles. The van der Waals surface area contributed by atoms with Gasteiger partial charge in [0.2, 0.25) is 0 Å². The summed E-state index contributed by atoms with van der Waals surface area (Å²) in [5.41, 5.74) is 0.903. The molecular weight excluding hydrogens is 250 g/mol.